The van der Waals surface area contributed by atoms with Crippen molar-refractivity contribution in [1.82, 2.24) is 9.78 Å². The number of anilines is 2. The van der Waals surface area contributed by atoms with Crippen molar-refractivity contribution in [3.63, 3.8) is 0 Å². The van der Waals surface area contributed by atoms with Gasteiger partial charge in [-0.1, -0.05) is 26.7 Å². The van der Waals surface area contributed by atoms with Gasteiger partial charge in [0.25, 0.3) is 0 Å². The van der Waals surface area contributed by atoms with Gasteiger partial charge in [0.2, 0.25) is 0 Å². The Morgan fingerprint density at radius 3 is 2.61 bits per heavy atom. The topological polar surface area (TPSA) is 76.1 Å². The molecule has 0 saturated carbocycles. The van der Waals surface area contributed by atoms with Gasteiger partial charge in [0.05, 0.1) is 17.0 Å². The van der Waals surface area contributed by atoms with Crippen LogP contribution in [-0.2, 0) is 13.5 Å². The molecule has 0 radical (unpaired) electrons. The van der Waals surface area contributed by atoms with Crippen LogP contribution in [0.1, 0.15) is 45.7 Å². The van der Waals surface area contributed by atoms with Crippen LogP contribution in [0, 0.1) is 0 Å². The maximum Gasteiger partial charge on any atom is 0.147 e. The van der Waals surface area contributed by atoms with Crippen molar-refractivity contribution in [2.75, 3.05) is 17.6 Å². The second-order valence-electron chi connectivity index (χ2n) is 5.18. The number of nitrogen functional groups attached to an aromatic ring is 1. The molecule has 1 aromatic rings. The highest BCUT2D eigenvalue weighted by Crippen LogP contribution is 2.24. The molecule has 4 N–H and O–H groups in total. The third kappa shape index (κ3) is 3.63. The Morgan fingerprint density at radius 2 is 2.06 bits per heavy atom. The summed E-state index contributed by atoms with van der Waals surface area (Å²) in [6.45, 7) is 6.48. The number of rotatable bonds is 7. The number of nitrogens with two attached hydrogens (primary N) is 1. The van der Waals surface area contributed by atoms with Crippen LogP contribution in [0.3, 0.4) is 0 Å². The fourth-order valence-electron chi connectivity index (χ4n) is 2.13. The lowest BCUT2D eigenvalue weighted by Crippen LogP contribution is -2.33. The molecular formula is C13H26N4O. The lowest BCUT2D eigenvalue weighted by Gasteiger charge is -2.23. The highest BCUT2D eigenvalue weighted by atomic mass is 16.3. The summed E-state index contributed by atoms with van der Waals surface area (Å²) in [7, 11) is 1.87. The maximum atomic E-state index is 10.1. The zero-order valence-corrected chi connectivity index (χ0v) is 12.0. The first kappa shape index (κ1) is 14.8. The van der Waals surface area contributed by atoms with Crippen LogP contribution >= 0.6 is 0 Å². The fourth-order valence-corrected chi connectivity index (χ4v) is 2.13. The number of hydrogen-bond acceptors (Lipinski definition) is 4. The van der Waals surface area contributed by atoms with E-state index in [2.05, 4.69) is 24.3 Å². The van der Waals surface area contributed by atoms with Gasteiger partial charge in [0.1, 0.15) is 5.82 Å². The van der Waals surface area contributed by atoms with Gasteiger partial charge in [0, 0.05) is 13.6 Å². The average Bonchev–Trinajstić information content (AvgIpc) is 2.53. The summed E-state index contributed by atoms with van der Waals surface area (Å²) in [4.78, 5) is 0. The molecular weight excluding hydrogens is 228 g/mol. The molecule has 18 heavy (non-hydrogen) atoms. The van der Waals surface area contributed by atoms with Gasteiger partial charge in [-0.2, -0.15) is 5.10 Å². The molecule has 5 nitrogen and oxygen atoms in total. The van der Waals surface area contributed by atoms with Crippen molar-refractivity contribution in [2.45, 2.75) is 52.1 Å². The van der Waals surface area contributed by atoms with Crippen LogP contribution in [0.15, 0.2) is 0 Å². The Hall–Kier alpha value is -1.23. The zero-order chi connectivity index (χ0) is 13.8. The molecule has 1 aromatic heterocycles. The van der Waals surface area contributed by atoms with Crippen LogP contribution in [0.2, 0.25) is 0 Å². The number of hydrogen-bond donors (Lipinski definition) is 3. The smallest absolute Gasteiger partial charge is 0.147 e. The van der Waals surface area contributed by atoms with Gasteiger partial charge in [0.15, 0.2) is 0 Å². The fraction of sp³-hybridized carbons (Fsp3) is 0.769. The van der Waals surface area contributed by atoms with E-state index in [4.69, 9.17) is 5.73 Å². The summed E-state index contributed by atoms with van der Waals surface area (Å²) in [6.07, 6.45) is 3.62. The predicted molar refractivity (Wildman–Crippen MR) is 75.6 cm³/mol. The maximum absolute atomic E-state index is 10.1. The third-order valence-corrected chi connectivity index (χ3v) is 3.07. The summed E-state index contributed by atoms with van der Waals surface area (Å²) in [5.74, 6) is 0.801. The van der Waals surface area contributed by atoms with E-state index in [-0.39, 0.29) is 0 Å². The number of nitrogens with one attached hydrogen (secondary N) is 1. The van der Waals surface area contributed by atoms with E-state index in [1.807, 2.05) is 14.0 Å². The number of nitrogens with zero attached hydrogens (tertiary/aromatic N) is 2. The third-order valence-electron chi connectivity index (χ3n) is 3.07. The van der Waals surface area contributed by atoms with E-state index >= 15 is 0 Å². The Labute approximate surface area is 109 Å². The molecule has 104 valence electrons. The number of aryl methyl sites for hydroxylation is 2. The Balaban J connectivity index is 2.73. The van der Waals surface area contributed by atoms with Crippen LogP contribution in [-0.4, -0.2) is 27.0 Å². The van der Waals surface area contributed by atoms with E-state index in [0.29, 0.717) is 12.2 Å². The van der Waals surface area contributed by atoms with E-state index in [0.717, 1.165) is 37.2 Å². The molecule has 0 fully saturated rings. The summed E-state index contributed by atoms with van der Waals surface area (Å²) < 4.78 is 1.75. The molecule has 0 aliphatic rings. The number of aliphatic hydroxyl groups is 1. The summed E-state index contributed by atoms with van der Waals surface area (Å²) in [6, 6.07) is 0. The number of aromatic nitrogens is 2. The average molecular weight is 254 g/mol. The molecule has 0 aliphatic heterocycles. The lowest BCUT2D eigenvalue weighted by atomic mass is 10.0. The first-order valence-electron chi connectivity index (χ1n) is 6.69. The minimum absolute atomic E-state index is 0.482. The van der Waals surface area contributed by atoms with Gasteiger partial charge in [-0.15, -0.1) is 0 Å². The van der Waals surface area contributed by atoms with Crippen LogP contribution in [0.4, 0.5) is 11.5 Å². The normalized spacial score (nSPS) is 14.5. The molecule has 1 rings (SSSR count). The van der Waals surface area contributed by atoms with Crippen molar-refractivity contribution >= 4 is 11.5 Å². The molecule has 0 spiro atoms. The van der Waals surface area contributed by atoms with E-state index in [9.17, 15) is 5.11 Å². The molecule has 0 aromatic carbocycles. The van der Waals surface area contributed by atoms with Crippen molar-refractivity contribution in [2.24, 2.45) is 7.05 Å². The molecule has 5 heteroatoms. The first-order chi connectivity index (χ1) is 8.41. The van der Waals surface area contributed by atoms with Gasteiger partial charge in [-0.3, -0.25) is 4.68 Å². The lowest BCUT2D eigenvalue weighted by molar-refractivity contribution is 0.0635. The summed E-state index contributed by atoms with van der Waals surface area (Å²) >= 11 is 0. The molecule has 0 bridgehead atoms. The van der Waals surface area contributed by atoms with E-state index in [1.165, 1.54) is 0 Å². The first-order valence-corrected chi connectivity index (χ1v) is 6.69. The zero-order valence-electron chi connectivity index (χ0n) is 12.0. The van der Waals surface area contributed by atoms with Crippen molar-refractivity contribution in [1.29, 1.82) is 0 Å². The highest BCUT2D eigenvalue weighted by molar-refractivity contribution is 5.65. The van der Waals surface area contributed by atoms with Crippen molar-refractivity contribution in [3.8, 4) is 0 Å². The van der Waals surface area contributed by atoms with Crippen LogP contribution < -0.4 is 11.1 Å². The SMILES string of the molecule is CCCc1nn(C)c(NCC(C)(O)CCC)c1N. The highest BCUT2D eigenvalue weighted by Gasteiger charge is 2.21. The van der Waals surface area contributed by atoms with Crippen LogP contribution in [0.25, 0.3) is 0 Å². The molecule has 0 aliphatic carbocycles. The molecule has 0 saturated heterocycles. The van der Waals surface area contributed by atoms with Gasteiger partial charge in [-0.25, -0.2) is 0 Å². The molecule has 1 atom stereocenters. The van der Waals surface area contributed by atoms with Crippen LogP contribution in [0.5, 0.6) is 0 Å². The van der Waals surface area contributed by atoms with E-state index in [1.54, 1.807) is 4.68 Å². The Morgan fingerprint density at radius 1 is 1.39 bits per heavy atom. The van der Waals surface area contributed by atoms with Crippen molar-refractivity contribution in [3.05, 3.63) is 5.69 Å². The largest absolute Gasteiger partial charge is 0.394 e. The Kier molecular flexibility index (Phi) is 5.02. The van der Waals surface area contributed by atoms with Crippen molar-refractivity contribution < 1.29 is 5.11 Å². The second kappa shape index (κ2) is 6.09. The predicted octanol–water partition coefficient (Wildman–Crippen LogP) is 1.92. The van der Waals surface area contributed by atoms with Gasteiger partial charge >= 0.3 is 0 Å². The van der Waals surface area contributed by atoms with Gasteiger partial charge < -0.3 is 16.2 Å². The molecule has 0 amide bonds. The van der Waals surface area contributed by atoms with E-state index < -0.39 is 5.60 Å². The Bertz CT molecular complexity index is 385. The summed E-state index contributed by atoms with van der Waals surface area (Å²) in [5.41, 5.74) is 6.98. The monoisotopic (exact) mass is 254 g/mol. The molecule has 1 unspecified atom stereocenters. The second-order valence-corrected chi connectivity index (χ2v) is 5.18. The minimum Gasteiger partial charge on any atom is -0.394 e. The minimum atomic E-state index is -0.712. The summed E-state index contributed by atoms with van der Waals surface area (Å²) in [5, 5.41) is 17.7. The van der Waals surface area contributed by atoms with Gasteiger partial charge in [-0.05, 0) is 19.8 Å². The quantitative estimate of drug-likeness (QED) is 0.695. The molecule has 1 heterocycles. The standard InChI is InChI=1S/C13H26N4O/c1-5-7-10-11(14)12(17(4)16-10)15-9-13(3,18)8-6-2/h15,18H,5-9,14H2,1-4H3.